The summed E-state index contributed by atoms with van der Waals surface area (Å²) in [5.41, 5.74) is 5.84. The topological polar surface area (TPSA) is 104 Å². The third-order valence-corrected chi connectivity index (χ3v) is 5.06. The monoisotopic (exact) mass is 446 g/mol. The van der Waals surface area contributed by atoms with E-state index in [-0.39, 0.29) is 43.0 Å². The number of rotatable bonds is 6. The van der Waals surface area contributed by atoms with Crippen molar-refractivity contribution in [2.45, 2.75) is 13.0 Å². The average Bonchev–Trinajstić information content (AvgIpc) is 3.18. The van der Waals surface area contributed by atoms with Crippen LogP contribution in [0.25, 0.3) is 0 Å². The number of thiazole rings is 1. The van der Waals surface area contributed by atoms with Crippen LogP contribution in [0.4, 0.5) is 5.82 Å². The number of aromatic nitrogens is 2. The molecule has 8 nitrogen and oxygen atoms in total. The summed E-state index contributed by atoms with van der Waals surface area (Å²) in [6.45, 7) is 3.46. The van der Waals surface area contributed by atoms with Gasteiger partial charge in [0.1, 0.15) is 16.5 Å². The molecule has 3 rings (SSSR count). The molecule has 1 fully saturated rings. The molecule has 0 spiro atoms. The highest BCUT2D eigenvalue weighted by Gasteiger charge is 2.21. The summed E-state index contributed by atoms with van der Waals surface area (Å²) in [6, 6.07) is 5.82. The van der Waals surface area contributed by atoms with Gasteiger partial charge in [-0.05, 0) is 12.1 Å². The van der Waals surface area contributed by atoms with Gasteiger partial charge in [0.25, 0.3) is 5.91 Å². The van der Waals surface area contributed by atoms with E-state index in [2.05, 4.69) is 20.2 Å². The van der Waals surface area contributed by atoms with Crippen molar-refractivity contribution in [1.29, 1.82) is 0 Å². The van der Waals surface area contributed by atoms with Gasteiger partial charge in [0.2, 0.25) is 5.91 Å². The molecule has 1 saturated heterocycles. The Morgan fingerprint density at radius 2 is 1.93 bits per heavy atom. The van der Waals surface area contributed by atoms with Crippen LogP contribution in [0.5, 0.6) is 0 Å². The maximum absolute atomic E-state index is 12.3. The van der Waals surface area contributed by atoms with E-state index in [1.54, 1.807) is 11.6 Å². The lowest BCUT2D eigenvalue weighted by molar-refractivity contribution is -0.131. The molecule has 0 saturated carbocycles. The zero-order valence-corrected chi connectivity index (χ0v) is 17.7. The molecule has 0 bridgehead atoms. The van der Waals surface area contributed by atoms with Gasteiger partial charge >= 0.3 is 0 Å². The summed E-state index contributed by atoms with van der Waals surface area (Å²) >= 11 is 1.36. The predicted molar refractivity (Wildman–Crippen MR) is 114 cm³/mol. The molecular formula is C17H24Cl2N6O2S. The van der Waals surface area contributed by atoms with Crippen LogP contribution in [0.15, 0.2) is 29.8 Å². The number of nitrogens with zero attached hydrogens (tertiary/aromatic N) is 4. The number of carbonyl (C=O) groups is 2. The zero-order valence-electron chi connectivity index (χ0n) is 15.2. The molecule has 0 aromatic carbocycles. The summed E-state index contributed by atoms with van der Waals surface area (Å²) in [7, 11) is 0. The Balaban J connectivity index is 0.00000196. The molecule has 0 radical (unpaired) electrons. The summed E-state index contributed by atoms with van der Waals surface area (Å²) in [5.74, 6) is 0.715. The minimum Gasteiger partial charge on any atom is -0.353 e. The van der Waals surface area contributed by atoms with Crippen molar-refractivity contribution >= 4 is 53.8 Å². The number of halogens is 2. The number of amides is 2. The highest BCUT2D eigenvalue weighted by atomic mass is 35.5. The fraction of sp³-hybridized carbons (Fsp3) is 0.412. The van der Waals surface area contributed by atoms with Crippen molar-refractivity contribution in [3.8, 4) is 0 Å². The molecule has 154 valence electrons. The predicted octanol–water partition coefficient (Wildman–Crippen LogP) is 1.31. The Kier molecular flexibility index (Phi) is 10.2. The van der Waals surface area contributed by atoms with Crippen LogP contribution in [-0.2, 0) is 11.3 Å². The molecular weight excluding hydrogens is 423 g/mol. The maximum atomic E-state index is 12.3. The van der Waals surface area contributed by atoms with Gasteiger partial charge in [0.15, 0.2) is 0 Å². The zero-order chi connectivity index (χ0) is 18.4. The Hall–Kier alpha value is -1.94. The Labute approximate surface area is 180 Å². The highest BCUT2D eigenvalue weighted by molar-refractivity contribution is 7.09. The molecule has 2 amide bonds. The first-order valence-corrected chi connectivity index (χ1v) is 9.42. The van der Waals surface area contributed by atoms with Gasteiger partial charge in [-0.1, -0.05) is 6.07 Å². The number of piperazine rings is 1. The van der Waals surface area contributed by atoms with Gasteiger partial charge in [-0.25, -0.2) is 9.97 Å². The summed E-state index contributed by atoms with van der Waals surface area (Å²) in [6.07, 6.45) is 2.05. The molecule has 1 aliphatic rings. The first-order valence-electron chi connectivity index (χ1n) is 8.54. The van der Waals surface area contributed by atoms with Crippen LogP contribution in [0, 0.1) is 0 Å². The van der Waals surface area contributed by atoms with E-state index in [1.165, 1.54) is 11.3 Å². The number of carbonyl (C=O) groups excluding carboxylic acids is 2. The van der Waals surface area contributed by atoms with E-state index in [9.17, 15) is 9.59 Å². The van der Waals surface area contributed by atoms with E-state index >= 15 is 0 Å². The van der Waals surface area contributed by atoms with E-state index in [0.29, 0.717) is 31.9 Å². The molecule has 3 N–H and O–H groups in total. The van der Waals surface area contributed by atoms with Gasteiger partial charge in [0, 0.05) is 57.3 Å². The molecule has 0 aliphatic carbocycles. The van der Waals surface area contributed by atoms with Crippen molar-refractivity contribution < 1.29 is 9.59 Å². The molecule has 28 heavy (non-hydrogen) atoms. The maximum Gasteiger partial charge on any atom is 0.270 e. The van der Waals surface area contributed by atoms with Crippen LogP contribution >= 0.6 is 36.2 Å². The second-order valence-electron chi connectivity index (χ2n) is 5.89. The third-order valence-electron chi connectivity index (χ3n) is 4.19. The minimum absolute atomic E-state index is 0. The Morgan fingerprint density at radius 1 is 1.18 bits per heavy atom. The van der Waals surface area contributed by atoms with E-state index in [4.69, 9.17) is 5.73 Å². The second kappa shape index (κ2) is 11.8. The molecule has 0 atom stereocenters. The van der Waals surface area contributed by atoms with Crippen LogP contribution in [-0.4, -0.2) is 59.4 Å². The fourth-order valence-electron chi connectivity index (χ4n) is 2.77. The van der Waals surface area contributed by atoms with Crippen LogP contribution < -0.4 is 16.0 Å². The van der Waals surface area contributed by atoms with E-state index in [1.807, 2.05) is 23.1 Å². The Morgan fingerprint density at radius 3 is 2.54 bits per heavy atom. The SMILES string of the molecule is Cl.Cl.NCc1nc(C(=O)NCCC(=O)N2CCN(c3ccccn3)CC2)cs1. The highest BCUT2D eigenvalue weighted by Crippen LogP contribution is 2.13. The number of hydrogen-bond donors (Lipinski definition) is 2. The van der Waals surface area contributed by atoms with Crippen LogP contribution in [0.3, 0.4) is 0 Å². The van der Waals surface area contributed by atoms with Crippen molar-refractivity contribution in [2.75, 3.05) is 37.6 Å². The minimum atomic E-state index is -0.270. The third kappa shape index (κ3) is 6.30. The molecule has 3 heterocycles. The van der Waals surface area contributed by atoms with E-state index in [0.717, 1.165) is 23.9 Å². The van der Waals surface area contributed by atoms with Gasteiger partial charge < -0.3 is 20.9 Å². The van der Waals surface area contributed by atoms with Gasteiger partial charge in [-0.15, -0.1) is 36.2 Å². The van der Waals surface area contributed by atoms with Crippen molar-refractivity contribution in [1.82, 2.24) is 20.2 Å². The summed E-state index contributed by atoms with van der Waals surface area (Å²) in [4.78, 5) is 36.8. The van der Waals surface area contributed by atoms with Crippen molar-refractivity contribution in [3.63, 3.8) is 0 Å². The van der Waals surface area contributed by atoms with E-state index < -0.39 is 0 Å². The molecule has 2 aromatic rings. The average molecular weight is 447 g/mol. The second-order valence-corrected chi connectivity index (χ2v) is 6.83. The lowest BCUT2D eigenvalue weighted by Gasteiger charge is -2.35. The normalized spacial score (nSPS) is 13.3. The van der Waals surface area contributed by atoms with Gasteiger partial charge in [0.05, 0.1) is 0 Å². The number of nitrogens with one attached hydrogen (secondary N) is 1. The first kappa shape index (κ1) is 24.1. The van der Waals surface area contributed by atoms with Gasteiger partial charge in [-0.3, -0.25) is 9.59 Å². The lowest BCUT2D eigenvalue weighted by atomic mass is 10.2. The molecule has 11 heteroatoms. The number of anilines is 1. The number of hydrogen-bond acceptors (Lipinski definition) is 7. The first-order chi connectivity index (χ1) is 12.7. The molecule has 0 unspecified atom stereocenters. The lowest BCUT2D eigenvalue weighted by Crippen LogP contribution is -2.49. The quantitative estimate of drug-likeness (QED) is 0.692. The van der Waals surface area contributed by atoms with Crippen LogP contribution in [0.2, 0.25) is 0 Å². The fourth-order valence-corrected chi connectivity index (χ4v) is 3.42. The molecule has 2 aromatic heterocycles. The molecule has 1 aliphatic heterocycles. The van der Waals surface area contributed by atoms with Crippen LogP contribution in [0.1, 0.15) is 21.9 Å². The van der Waals surface area contributed by atoms with Crippen molar-refractivity contribution in [2.24, 2.45) is 5.73 Å². The van der Waals surface area contributed by atoms with Crippen molar-refractivity contribution in [3.05, 3.63) is 40.5 Å². The smallest absolute Gasteiger partial charge is 0.270 e. The number of nitrogens with two attached hydrogens (primary N) is 1. The largest absolute Gasteiger partial charge is 0.353 e. The number of pyridine rings is 1. The van der Waals surface area contributed by atoms with Gasteiger partial charge in [-0.2, -0.15) is 0 Å². The standard InChI is InChI=1S/C17H22N6O2S.2ClH/c18-11-15-21-13(12-26-15)17(25)20-6-4-16(24)23-9-7-22(8-10-23)14-3-1-2-5-19-14;;/h1-3,5,12H,4,6-11,18H2,(H,20,25);2*1H. The summed E-state index contributed by atoms with van der Waals surface area (Å²) in [5, 5.41) is 5.13. The Bertz CT molecular complexity index is 753. The summed E-state index contributed by atoms with van der Waals surface area (Å²) < 4.78 is 0.